The van der Waals surface area contributed by atoms with Gasteiger partial charge in [-0.1, -0.05) is 30.3 Å². The molecule has 28 heavy (non-hydrogen) atoms. The molecular weight excluding hydrogens is 370 g/mol. The standard InChI is InChI=1S/C22H25N3O2S/c1-15(28)27-14-16-4-6-17(7-5-16)21(25(2)3)22(26)24-20-9-8-19-13-23-11-10-18(19)12-20/h4-13,15,21,28H,14H2,1-3H3,(H,24,26). The number of carbonyl (C=O) groups is 1. The van der Waals surface area contributed by atoms with Crippen LogP contribution in [-0.4, -0.2) is 35.3 Å². The number of benzene rings is 2. The number of nitrogens with zero attached hydrogens (tertiary/aromatic N) is 2. The van der Waals surface area contributed by atoms with Gasteiger partial charge in [-0.05, 0) is 55.7 Å². The van der Waals surface area contributed by atoms with Crippen LogP contribution in [0.3, 0.4) is 0 Å². The van der Waals surface area contributed by atoms with E-state index in [1.807, 2.05) is 80.6 Å². The van der Waals surface area contributed by atoms with E-state index in [-0.39, 0.29) is 11.3 Å². The van der Waals surface area contributed by atoms with Crippen LogP contribution in [0.5, 0.6) is 0 Å². The van der Waals surface area contributed by atoms with E-state index in [0.717, 1.165) is 27.6 Å². The van der Waals surface area contributed by atoms with Crippen molar-refractivity contribution in [2.24, 2.45) is 0 Å². The summed E-state index contributed by atoms with van der Waals surface area (Å²) in [6, 6.07) is 15.3. The molecule has 0 radical (unpaired) electrons. The first-order chi connectivity index (χ1) is 13.4. The Hall–Kier alpha value is -2.41. The lowest BCUT2D eigenvalue weighted by atomic mass is 10.0. The molecular formula is C22H25N3O2S. The normalized spacial score (nSPS) is 13.5. The van der Waals surface area contributed by atoms with Gasteiger partial charge in [-0.25, -0.2) is 0 Å². The van der Waals surface area contributed by atoms with Crippen molar-refractivity contribution in [1.29, 1.82) is 0 Å². The summed E-state index contributed by atoms with van der Waals surface area (Å²) in [4.78, 5) is 19.0. The first-order valence-electron chi connectivity index (χ1n) is 9.13. The summed E-state index contributed by atoms with van der Waals surface area (Å²) < 4.78 is 5.51. The molecule has 6 heteroatoms. The van der Waals surface area contributed by atoms with Crippen LogP contribution in [0.15, 0.2) is 60.9 Å². The molecule has 3 rings (SSSR count). The van der Waals surface area contributed by atoms with Crippen LogP contribution in [0.25, 0.3) is 10.8 Å². The molecule has 0 aliphatic rings. The van der Waals surface area contributed by atoms with Gasteiger partial charge in [0.1, 0.15) is 6.04 Å². The molecule has 1 heterocycles. The molecule has 0 spiro atoms. The number of rotatable bonds is 7. The highest BCUT2D eigenvalue weighted by atomic mass is 32.1. The Morgan fingerprint density at radius 1 is 1.14 bits per heavy atom. The van der Waals surface area contributed by atoms with Crippen LogP contribution in [0.2, 0.25) is 0 Å². The van der Waals surface area contributed by atoms with Crippen LogP contribution in [0.4, 0.5) is 5.69 Å². The Kier molecular flexibility index (Phi) is 6.67. The van der Waals surface area contributed by atoms with Gasteiger partial charge in [-0.3, -0.25) is 14.7 Å². The van der Waals surface area contributed by atoms with Crippen LogP contribution >= 0.6 is 12.6 Å². The maximum absolute atomic E-state index is 13.0. The molecule has 0 aliphatic heterocycles. The number of ether oxygens (including phenoxy) is 1. The molecule has 2 atom stereocenters. The van der Waals surface area contributed by atoms with Gasteiger partial charge in [0.15, 0.2) is 0 Å². The SMILES string of the molecule is CC(S)OCc1ccc(C(C(=O)Nc2ccc3cnccc3c2)N(C)C)cc1. The number of anilines is 1. The van der Waals surface area contributed by atoms with Crippen molar-refractivity contribution in [2.45, 2.75) is 25.0 Å². The van der Waals surface area contributed by atoms with E-state index in [2.05, 4.69) is 22.9 Å². The summed E-state index contributed by atoms with van der Waals surface area (Å²) in [5, 5.41) is 5.11. The van der Waals surface area contributed by atoms with E-state index in [1.54, 1.807) is 6.20 Å². The molecule has 0 saturated carbocycles. The molecule has 5 nitrogen and oxygen atoms in total. The number of likely N-dealkylation sites (N-methyl/N-ethyl adjacent to an activating group) is 1. The number of fused-ring (bicyclic) bond motifs is 1. The Bertz CT molecular complexity index is 942. The third-order valence-electron chi connectivity index (χ3n) is 4.46. The maximum Gasteiger partial charge on any atom is 0.246 e. The topological polar surface area (TPSA) is 54.5 Å². The van der Waals surface area contributed by atoms with Crippen molar-refractivity contribution < 1.29 is 9.53 Å². The lowest BCUT2D eigenvalue weighted by Gasteiger charge is -2.24. The van der Waals surface area contributed by atoms with Crippen molar-refractivity contribution in [3.8, 4) is 0 Å². The zero-order chi connectivity index (χ0) is 20.1. The van der Waals surface area contributed by atoms with E-state index in [9.17, 15) is 4.79 Å². The molecule has 0 saturated heterocycles. The highest BCUT2D eigenvalue weighted by Gasteiger charge is 2.23. The summed E-state index contributed by atoms with van der Waals surface area (Å²) >= 11 is 4.22. The van der Waals surface area contributed by atoms with Crippen LogP contribution in [0, 0.1) is 0 Å². The molecule has 1 amide bonds. The lowest BCUT2D eigenvalue weighted by molar-refractivity contribution is -0.120. The fourth-order valence-electron chi connectivity index (χ4n) is 3.07. The van der Waals surface area contributed by atoms with Gasteiger partial charge >= 0.3 is 0 Å². The average Bonchev–Trinajstić information content (AvgIpc) is 2.67. The van der Waals surface area contributed by atoms with Crippen LogP contribution < -0.4 is 5.32 Å². The molecule has 1 N–H and O–H groups in total. The number of amides is 1. The second-order valence-electron chi connectivity index (χ2n) is 6.94. The van der Waals surface area contributed by atoms with E-state index in [1.165, 1.54) is 0 Å². The minimum absolute atomic E-state index is 0.0774. The first-order valence-corrected chi connectivity index (χ1v) is 9.65. The smallest absolute Gasteiger partial charge is 0.246 e. The lowest BCUT2D eigenvalue weighted by Crippen LogP contribution is -2.32. The van der Waals surface area contributed by atoms with Crippen molar-refractivity contribution in [3.05, 3.63) is 72.1 Å². The van der Waals surface area contributed by atoms with Gasteiger partial charge in [0.05, 0.1) is 12.0 Å². The monoisotopic (exact) mass is 395 g/mol. The Labute approximate surface area is 171 Å². The zero-order valence-corrected chi connectivity index (χ0v) is 17.2. The number of hydrogen-bond donors (Lipinski definition) is 2. The molecule has 2 unspecified atom stereocenters. The fraction of sp³-hybridized carbons (Fsp3) is 0.273. The van der Waals surface area contributed by atoms with Gasteiger partial charge in [0.2, 0.25) is 5.91 Å². The second kappa shape index (κ2) is 9.19. The predicted octanol–water partition coefficient (Wildman–Crippen LogP) is 4.27. The molecule has 1 aromatic heterocycles. The summed E-state index contributed by atoms with van der Waals surface area (Å²) in [5.74, 6) is -0.0774. The predicted molar refractivity (Wildman–Crippen MR) is 116 cm³/mol. The van der Waals surface area contributed by atoms with Gasteiger partial charge < -0.3 is 10.1 Å². The van der Waals surface area contributed by atoms with E-state index in [4.69, 9.17) is 4.74 Å². The third-order valence-corrected chi connectivity index (χ3v) is 4.61. The Balaban J connectivity index is 1.76. The largest absolute Gasteiger partial charge is 0.363 e. The second-order valence-corrected chi connectivity index (χ2v) is 7.67. The molecule has 146 valence electrons. The molecule has 0 fully saturated rings. The quantitative estimate of drug-likeness (QED) is 0.463. The number of hydrogen-bond acceptors (Lipinski definition) is 5. The van der Waals surface area contributed by atoms with Crippen molar-refractivity contribution in [2.75, 3.05) is 19.4 Å². The minimum atomic E-state index is -0.396. The van der Waals surface area contributed by atoms with Gasteiger partial charge in [-0.2, -0.15) is 0 Å². The maximum atomic E-state index is 13.0. The summed E-state index contributed by atoms with van der Waals surface area (Å²) in [5.41, 5.74) is 2.63. The van der Waals surface area contributed by atoms with Crippen LogP contribution in [0.1, 0.15) is 24.1 Å². The van der Waals surface area contributed by atoms with Gasteiger partial charge in [-0.15, -0.1) is 12.6 Å². The first kappa shape index (κ1) is 20.3. The van der Waals surface area contributed by atoms with E-state index in [0.29, 0.717) is 6.61 Å². The number of thiol groups is 1. The highest BCUT2D eigenvalue weighted by Crippen LogP contribution is 2.23. The highest BCUT2D eigenvalue weighted by molar-refractivity contribution is 7.80. The molecule has 2 aromatic carbocycles. The average molecular weight is 396 g/mol. The Morgan fingerprint density at radius 2 is 1.89 bits per heavy atom. The number of pyridine rings is 1. The van der Waals surface area contributed by atoms with Crippen molar-refractivity contribution >= 4 is 35.0 Å². The van der Waals surface area contributed by atoms with E-state index < -0.39 is 6.04 Å². The number of aromatic nitrogens is 1. The summed E-state index contributed by atoms with van der Waals surface area (Å²) in [6.07, 6.45) is 3.56. The minimum Gasteiger partial charge on any atom is -0.363 e. The molecule has 0 aliphatic carbocycles. The van der Waals surface area contributed by atoms with Gasteiger partial charge in [0, 0.05) is 23.5 Å². The van der Waals surface area contributed by atoms with Crippen LogP contribution in [-0.2, 0) is 16.1 Å². The van der Waals surface area contributed by atoms with Crippen molar-refractivity contribution in [1.82, 2.24) is 9.88 Å². The summed E-state index contributed by atoms with van der Waals surface area (Å²) in [7, 11) is 3.80. The fourth-order valence-corrected chi connectivity index (χ4v) is 3.14. The summed E-state index contributed by atoms with van der Waals surface area (Å²) in [6.45, 7) is 2.38. The molecule has 0 bridgehead atoms. The van der Waals surface area contributed by atoms with E-state index >= 15 is 0 Å². The Morgan fingerprint density at radius 3 is 2.57 bits per heavy atom. The number of nitrogens with one attached hydrogen (secondary N) is 1. The zero-order valence-electron chi connectivity index (χ0n) is 16.3. The molecule has 3 aromatic rings. The van der Waals surface area contributed by atoms with Crippen molar-refractivity contribution in [3.63, 3.8) is 0 Å². The van der Waals surface area contributed by atoms with Gasteiger partial charge in [0.25, 0.3) is 0 Å². The number of carbonyl (C=O) groups excluding carboxylic acids is 1. The third kappa shape index (κ3) is 5.10.